The molecule has 0 bridgehead atoms. The van der Waals surface area contributed by atoms with Crippen molar-refractivity contribution >= 4 is 0 Å². The highest BCUT2D eigenvalue weighted by atomic mass is 15.2. The summed E-state index contributed by atoms with van der Waals surface area (Å²) in [5.41, 5.74) is 5.14. The number of rotatable bonds is 5. The fourth-order valence-electron chi connectivity index (χ4n) is 1.52. The van der Waals surface area contributed by atoms with Crippen LogP contribution in [0.1, 0.15) is 39.5 Å². The molecule has 1 aliphatic rings. The maximum atomic E-state index is 5.14. The lowest BCUT2D eigenvalue weighted by Gasteiger charge is -2.26. The maximum Gasteiger partial charge on any atom is 0.0107 e. The zero-order chi connectivity index (χ0) is 11.4. The molecule has 1 rings (SSSR count). The van der Waals surface area contributed by atoms with E-state index in [1.165, 1.54) is 58.4 Å². The quantitative estimate of drug-likeness (QED) is 0.729. The van der Waals surface area contributed by atoms with E-state index >= 15 is 0 Å². The number of unbranched alkanes of at least 4 members (excludes halogenated alkanes) is 2. The third-order valence-corrected chi connectivity index (χ3v) is 2.60. The molecule has 92 valence electrons. The van der Waals surface area contributed by atoms with Crippen LogP contribution in [0.4, 0.5) is 0 Å². The van der Waals surface area contributed by atoms with Crippen LogP contribution < -0.4 is 11.1 Å². The number of hydrogen-bond acceptors (Lipinski definition) is 3. The second kappa shape index (κ2) is 12.0. The van der Waals surface area contributed by atoms with E-state index in [9.17, 15) is 0 Å². The van der Waals surface area contributed by atoms with Gasteiger partial charge in [-0.3, -0.25) is 0 Å². The Morgan fingerprint density at radius 3 is 2.07 bits per heavy atom. The molecule has 3 nitrogen and oxygen atoms in total. The molecule has 0 unspecified atom stereocenters. The smallest absolute Gasteiger partial charge is 0.0107 e. The largest absolute Gasteiger partial charge is 0.330 e. The van der Waals surface area contributed by atoms with E-state index < -0.39 is 0 Å². The van der Waals surface area contributed by atoms with Gasteiger partial charge in [0.15, 0.2) is 0 Å². The standard InChI is InChI=1S/C8H18N2.C4H11N/c1-2-3-6-10-7-4-9-5-8-10;1-2-3-4-5/h9H,2-8H2,1H3;2-5H2,1H3. The predicted molar refractivity (Wildman–Crippen MR) is 68.2 cm³/mol. The molecule has 15 heavy (non-hydrogen) atoms. The van der Waals surface area contributed by atoms with E-state index in [0.717, 1.165) is 6.54 Å². The number of hydrogen-bond donors (Lipinski definition) is 2. The van der Waals surface area contributed by atoms with E-state index in [2.05, 4.69) is 24.1 Å². The lowest BCUT2D eigenvalue weighted by Crippen LogP contribution is -2.43. The van der Waals surface area contributed by atoms with Crippen LogP contribution in [0.2, 0.25) is 0 Å². The van der Waals surface area contributed by atoms with Crippen LogP contribution in [0.15, 0.2) is 0 Å². The summed E-state index contributed by atoms with van der Waals surface area (Å²) < 4.78 is 0. The van der Waals surface area contributed by atoms with Crippen molar-refractivity contribution < 1.29 is 0 Å². The van der Waals surface area contributed by atoms with Crippen LogP contribution in [0.3, 0.4) is 0 Å². The first-order valence-corrected chi connectivity index (χ1v) is 6.48. The molecule has 0 amide bonds. The van der Waals surface area contributed by atoms with Crippen LogP contribution in [0.25, 0.3) is 0 Å². The Morgan fingerprint density at radius 2 is 1.67 bits per heavy atom. The highest BCUT2D eigenvalue weighted by Crippen LogP contribution is 1.95. The molecule has 0 aromatic rings. The van der Waals surface area contributed by atoms with Gasteiger partial charge in [0.1, 0.15) is 0 Å². The molecule has 0 aromatic heterocycles. The molecule has 3 heteroatoms. The summed E-state index contributed by atoms with van der Waals surface area (Å²) >= 11 is 0. The topological polar surface area (TPSA) is 41.3 Å². The molecule has 1 aliphatic heterocycles. The molecule has 1 saturated heterocycles. The molecular weight excluding hydrogens is 186 g/mol. The minimum absolute atomic E-state index is 0.844. The first-order chi connectivity index (χ1) is 7.35. The van der Waals surface area contributed by atoms with E-state index in [0.29, 0.717) is 0 Å². The van der Waals surface area contributed by atoms with E-state index in [-0.39, 0.29) is 0 Å². The van der Waals surface area contributed by atoms with Crippen molar-refractivity contribution in [2.75, 3.05) is 39.3 Å². The van der Waals surface area contributed by atoms with Crippen molar-refractivity contribution in [1.29, 1.82) is 0 Å². The van der Waals surface area contributed by atoms with Crippen molar-refractivity contribution in [3.63, 3.8) is 0 Å². The lowest BCUT2D eigenvalue weighted by atomic mass is 10.3. The summed E-state index contributed by atoms with van der Waals surface area (Å²) in [5, 5.41) is 3.35. The van der Waals surface area contributed by atoms with E-state index in [1.807, 2.05) is 0 Å². The average Bonchev–Trinajstić information content (AvgIpc) is 2.30. The van der Waals surface area contributed by atoms with Crippen molar-refractivity contribution in [2.24, 2.45) is 5.73 Å². The predicted octanol–water partition coefficient (Wildman–Crippen LogP) is 1.44. The Balaban J connectivity index is 0.000000336. The fourth-order valence-corrected chi connectivity index (χ4v) is 1.52. The third-order valence-electron chi connectivity index (χ3n) is 2.60. The van der Waals surface area contributed by atoms with Gasteiger partial charge in [0, 0.05) is 26.2 Å². The summed E-state index contributed by atoms with van der Waals surface area (Å²) in [6.45, 7) is 11.4. The molecule has 0 spiro atoms. The van der Waals surface area contributed by atoms with E-state index in [4.69, 9.17) is 5.73 Å². The monoisotopic (exact) mass is 215 g/mol. The SMILES string of the molecule is CCCCN.CCCCN1CCNCC1. The molecule has 0 aromatic carbocycles. The lowest BCUT2D eigenvalue weighted by molar-refractivity contribution is 0.238. The second-order valence-corrected chi connectivity index (χ2v) is 4.09. The summed E-state index contributed by atoms with van der Waals surface area (Å²) in [5.74, 6) is 0. The zero-order valence-corrected chi connectivity index (χ0v) is 10.6. The minimum Gasteiger partial charge on any atom is -0.330 e. The molecule has 0 radical (unpaired) electrons. The number of nitrogens with one attached hydrogen (secondary N) is 1. The van der Waals surface area contributed by atoms with Gasteiger partial charge in [-0.25, -0.2) is 0 Å². The van der Waals surface area contributed by atoms with Gasteiger partial charge in [-0.15, -0.1) is 0 Å². The van der Waals surface area contributed by atoms with Gasteiger partial charge in [-0.05, 0) is 25.9 Å². The maximum absolute atomic E-state index is 5.14. The summed E-state index contributed by atoms with van der Waals surface area (Å²) in [6, 6.07) is 0. The highest BCUT2D eigenvalue weighted by molar-refractivity contribution is 4.66. The van der Waals surface area contributed by atoms with Crippen LogP contribution >= 0.6 is 0 Å². The Morgan fingerprint density at radius 1 is 1.07 bits per heavy atom. The summed E-state index contributed by atoms with van der Waals surface area (Å²) in [7, 11) is 0. The van der Waals surface area contributed by atoms with Crippen molar-refractivity contribution in [1.82, 2.24) is 10.2 Å². The molecule has 3 N–H and O–H groups in total. The van der Waals surface area contributed by atoms with Gasteiger partial charge in [0.05, 0.1) is 0 Å². The summed E-state index contributed by atoms with van der Waals surface area (Å²) in [6.07, 6.45) is 5.07. The van der Waals surface area contributed by atoms with Crippen molar-refractivity contribution in [2.45, 2.75) is 39.5 Å². The van der Waals surface area contributed by atoms with Crippen LogP contribution in [0, 0.1) is 0 Å². The van der Waals surface area contributed by atoms with Gasteiger partial charge in [0.2, 0.25) is 0 Å². The molecule has 1 heterocycles. The number of nitrogens with two attached hydrogens (primary N) is 1. The van der Waals surface area contributed by atoms with Crippen molar-refractivity contribution in [3.8, 4) is 0 Å². The second-order valence-electron chi connectivity index (χ2n) is 4.09. The number of nitrogens with zero attached hydrogens (tertiary/aromatic N) is 1. The molecule has 0 saturated carbocycles. The molecule has 0 atom stereocenters. The average molecular weight is 215 g/mol. The van der Waals surface area contributed by atoms with Gasteiger partial charge in [0.25, 0.3) is 0 Å². The molecular formula is C12H29N3. The molecule has 0 aliphatic carbocycles. The molecule has 1 fully saturated rings. The van der Waals surface area contributed by atoms with Gasteiger partial charge < -0.3 is 16.0 Å². The Labute approximate surface area is 95.4 Å². The van der Waals surface area contributed by atoms with Gasteiger partial charge >= 0.3 is 0 Å². The number of piperazine rings is 1. The third kappa shape index (κ3) is 10.2. The fraction of sp³-hybridized carbons (Fsp3) is 1.00. The zero-order valence-electron chi connectivity index (χ0n) is 10.6. The van der Waals surface area contributed by atoms with Gasteiger partial charge in [-0.1, -0.05) is 26.7 Å². The Bertz CT molecular complexity index is 109. The van der Waals surface area contributed by atoms with Crippen LogP contribution in [-0.2, 0) is 0 Å². The van der Waals surface area contributed by atoms with Gasteiger partial charge in [-0.2, -0.15) is 0 Å². The van der Waals surface area contributed by atoms with E-state index in [1.54, 1.807) is 0 Å². The highest BCUT2D eigenvalue weighted by Gasteiger charge is 2.06. The Kier molecular flexibility index (Phi) is 11.9. The first kappa shape index (κ1) is 14.9. The summed E-state index contributed by atoms with van der Waals surface area (Å²) in [4.78, 5) is 2.54. The van der Waals surface area contributed by atoms with Crippen molar-refractivity contribution in [3.05, 3.63) is 0 Å². The van der Waals surface area contributed by atoms with Crippen LogP contribution in [-0.4, -0.2) is 44.2 Å². The Hall–Kier alpha value is -0.120. The normalized spacial score (nSPS) is 17.0. The first-order valence-electron chi connectivity index (χ1n) is 6.48. The minimum atomic E-state index is 0.844. The van der Waals surface area contributed by atoms with Crippen LogP contribution in [0.5, 0.6) is 0 Å².